The van der Waals surface area contributed by atoms with Crippen molar-refractivity contribution < 1.29 is 0 Å². The first kappa shape index (κ1) is 25.9. The van der Waals surface area contributed by atoms with Gasteiger partial charge in [0.25, 0.3) is 0 Å². The van der Waals surface area contributed by atoms with E-state index in [1.807, 2.05) is 12.4 Å². The zero-order valence-corrected chi connectivity index (χ0v) is 22.8. The van der Waals surface area contributed by atoms with Crippen LogP contribution in [0.25, 0.3) is 11.0 Å². The smallest absolute Gasteiger partial charge is 0.120 e. The van der Waals surface area contributed by atoms with Crippen LogP contribution >= 0.6 is 0 Å². The van der Waals surface area contributed by atoms with Crippen LogP contribution in [0.1, 0.15) is 62.7 Å². The van der Waals surface area contributed by atoms with Gasteiger partial charge in [0.1, 0.15) is 17.5 Å². The van der Waals surface area contributed by atoms with Crippen molar-refractivity contribution in [3.8, 4) is 0 Å². The van der Waals surface area contributed by atoms with Crippen molar-refractivity contribution in [2.24, 2.45) is 4.99 Å². The molecule has 4 heterocycles. The number of rotatable bonds is 13. The molecule has 0 amide bonds. The Labute approximate surface area is 221 Å². The van der Waals surface area contributed by atoms with Gasteiger partial charge in [-0.2, -0.15) is 0 Å². The predicted molar refractivity (Wildman–Crippen MR) is 151 cm³/mol. The number of nitrogens with one attached hydrogen (secondary N) is 1. The number of amidine groups is 1. The van der Waals surface area contributed by atoms with Crippen LogP contribution in [-0.4, -0.2) is 86.4 Å². The molecule has 8 heteroatoms. The second-order valence-electron chi connectivity index (χ2n) is 10.8. The number of benzene rings is 1. The topological polar surface area (TPSA) is 68.6 Å². The van der Waals surface area contributed by atoms with E-state index in [9.17, 15) is 0 Å². The van der Waals surface area contributed by atoms with Gasteiger partial charge < -0.3 is 19.4 Å². The quantitative estimate of drug-likeness (QED) is 0.351. The van der Waals surface area contributed by atoms with E-state index in [2.05, 4.69) is 61.4 Å². The molecule has 2 aliphatic heterocycles. The van der Waals surface area contributed by atoms with E-state index in [1.165, 1.54) is 68.6 Å². The van der Waals surface area contributed by atoms with Crippen molar-refractivity contribution in [3.63, 3.8) is 0 Å². The summed E-state index contributed by atoms with van der Waals surface area (Å²) in [6, 6.07) is 6.84. The second-order valence-corrected chi connectivity index (χ2v) is 10.8. The number of hydrogen-bond donors (Lipinski definition) is 1. The molecule has 0 unspecified atom stereocenters. The highest BCUT2D eigenvalue weighted by Gasteiger charge is 2.19. The summed E-state index contributed by atoms with van der Waals surface area (Å²) in [6.07, 6.45) is 12.5. The second kappa shape index (κ2) is 12.7. The number of H-pyrrole nitrogens is 1. The maximum Gasteiger partial charge on any atom is 0.120 e. The van der Waals surface area contributed by atoms with Crippen molar-refractivity contribution in [3.05, 3.63) is 47.8 Å². The first-order valence-electron chi connectivity index (χ1n) is 14.3. The number of unbranched alkanes of at least 4 members (excludes halogenated alkanes) is 1. The Morgan fingerprint density at radius 1 is 1.00 bits per heavy atom. The average Bonchev–Trinajstić information content (AvgIpc) is 3.65. The molecule has 0 spiro atoms. The van der Waals surface area contributed by atoms with Gasteiger partial charge in [-0.25, -0.2) is 9.97 Å². The highest BCUT2D eigenvalue weighted by Crippen LogP contribution is 2.22. The van der Waals surface area contributed by atoms with Crippen LogP contribution in [0.5, 0.6) is 0 Å². The number of imidazole rings is 2. The molecule has 3 aromatic rings. The molecule has 8 nitrogen and oxygen atoms in total. The summed E-state index contributed by atoms with van der Waals surface area (Å²) in [6.45, 7) is 11.5. The lowest BCUT2D eigenvalue weighted by atomic mass is 10.1. The van der Waals surface area contributed by atoms with Gasteiger partial charge in [-0.3, -0.25) is 9.89 Å². The van der Waals surface area contributed by atoms with E-state index in [-0.39, 0.29) is 0 Å². The summed E-state index contributed by atoms with van der Waals surface area (Å²) in [5, 5.41) is 0. The first-order chi connectivity index (χ1) is 18.2. The molecule has 1 saturated heterocycles. The van der Waals surface area contributed by atoms with Crippen molar-refractivity contribution in [2.75, 3.05) is 46.3 Å². The molecule has 5 rings (SSSR count). The molecule has 0 bridgehead atoms. The number of aromatic nitrogens is 4. The summed E-state index contributed by atoms with van der Waals surface area (Å²) < 4.78 is 2.48. The van der Waals surface area contributed by atoms with E-state index >= 15 is 0 Å². The van der Waals surface area contributed by atoms with Gasteiger partial charge in [0.2, 0.25) is 0 Å². The van der Waals surface area contributed by atoms with Crippen LogP contribution in [0.2, 0.25) is 0 Å². The first-order valence-corrected chi connectivity index (χ1v) is 14.3. The molecule has 1 fully saturated rings. The van der Waals surface area contributed by atoms with Crippen LogP contribution in [0.4, 0.5) is 0 Å². The Kier molecular flexibility index (Phi) is 8.89. The van der Waals surface area contributed by atoms with E-state index < -0.39 is 0 Å². The lowest BCUT2D eigenvalue weighted by Crippen LogP contribution is -2.36. The number of likely N-dealkylation sites (tertiary alicyclic amines) is 1. The lowest BCUT2D eigenvalue weighted by Gasteiger charge is -2.26. The van der Waals surface area contributed by atoms with Gasteiger partial charge in [-0.05, 0) is 69.4 Å². The van der Waals surface area contributed by atoms with E-state index in [4.69, 9.17) is 9.98 Å². The van der Waals surface area contributed by atoms with Gasteiger partial charge in [0.15, 0.2) is 0 Å². The van der Waals surface area contributed by atoms with Crippen LogP contribution in [0.15, 0.2) is 35.6 Å². The van der Waals surface area contributed by atoms with Gasteiger partial charge >= 0.3 is 0 Å². The molecule has 2 aromatic heterocycles. The summed E-state index contributed by atoms with van der Waals surface area (Å²) in [4.78, 5) is 24.9. The van der Waals surface area contributed by atoms with Crippen molar-refractivity contribution in [1.29, 1.82) is 0 Å². The molecule has 0 atom stereocenters. The van der Waals surface area contributed by atoms with Crippen molar-refractivity contribution in [2.45, 2.75) is 71.5 Å². The number of piperidine rings is 1. The van der Waals surface area contributed by atoms with Gasteiger partial charge in [0.05, 0.1) is 30.7 Å². The molecule has 0 aliphatic carbocycles. The Morgan fingerprint density at radius 3 is 2.65 bits per heavy atom. The largest absolute Gasteiger partial charge is 0.360 e. The molecular formula is C29H44N8. The third-order valence-electron chi connectivity index (χ3n) is 7.78. The van der Waals surface area contributed by atoms with Crippen LogP contribution < -0.4 is 0 Å². The average molecular weight is 505 g/mol. The van der Waals surface area contributed by atoms with E-state index in [0.29, 0.717) is 0 Å². The standard InChI is InChI=1S/C29H44N8/c1-3-15-37-26-20-24(21-36(22-27-30-12-13-31-27)23-29-32-14-19-34(29)2)10-11-25(26)33-28(37)9-5-8-18-35-16-6-4-7-17-35/h10-13,20H,3-9,14-19,21-23H2,1-2H3,(H,30,31). The fourth-order valence-electron chi connectivity index (χ4n) is 5.75. The monoisotopic (exact) mass is 504 g/mol. The van der Waals surface area contributed by atoms with Crippen LogP contribution in [0, 0.1) is 0 Å². The van der Waals surface area contributed by atoms with Gasteiger partial charge in [0, 0.05) is 45.5 Å². The molecular weight excluding hydrogens is 460 g/mol. The number of aromatic amines is 1. The third-order valence-corrected chi connectivity index (χ3v) is 7.78. The summed E-state index contributed by atoms with van der Waals surface area (Å²) in [7, 11) is 2.14. The maximum atomic E-state index is 5.08. The minimum Gasteiger partial charge on any atom is -0.360 e. The van der Waals surface area contributed by atoms with Gasteiger partial charge in [-0.1, -0.05) is 19.4 Å². The van der Waals surface area contributed by atoms with Gasteiger partial charge in [-0.15, -0.1) is 0 Å². The fourth-order valence-corrected chi connectivity index (χ4v) is 5.75. The van der Waals surface area contributed by atoms with Crippen LogP contribution in [0.3, 0.4) is 0 Å². The van der Waals surface area contributed by atoms with E-state index in [0.717, 1.165) is 69.3 Å². The highest BCUT2D eigenvalue weighted by molar-refractivity contribution is 5.85. The number of fused-ring (bicyclic) bond motifs is 1. The summed E-state index contributed by atoms with van der Waals surface area (Å²) in [5.41, 5.74) is 3.72. The predicted octanol–water partition coefficient (Wildman–Crippen LogP) is 4.32. The zero-order valence-electron chi connectivity index (χ0n) is 22.8. The minimum atomic E-state index is 0.772. The van der Waals surface area contributed by atoms with Crippen molar-refractivity contribution in [1.82, 2.24) is 34.2 Å². The maximum absolute atomic E-state index is 5.08. The number of likely N-dealkylation sites (N-methyl/N-ethyl adjacent to an activating group) is 1. The Bertz CT molecular complexity index is 1140. The Balaban J connectivity index is 1.28. The molecule has 0 saturated carbocycles. The van der Waals surface area contributed by atoms with Crippen LogP contribution in [-0.2, 0) is 26.1 Å². The highest BCUT2D eigenvalue weighted by atomic mass is 15.3. The molecule has 37 heavy (non-hydrogen) atoms. The summed E-state index contributed by atoms with van der Waals surface area (Å²) in [5.74, 6) is 3.41. The number of aliphatic imine (C=N–C) groups is 1. The molecule has 2 aliphatic rings. The van der Waals surface area contributed by atoms with Crippen molar-refractivity contribution >= 4 is 16.9 Å². The Hall–Kier alpha value is -2.71. The normalized spacial score (nSPS) is 16.8. The fraction of sp³-hybridized carbons (Fsp3) is 0.621. The summed E-state index contributed by atoms with van der Waals surface area (Å²) >= 11 is 0. The SMILES string of the molecule is CCCn1c(CCCCN2CCCCC2)nc2ccc(CN(CC3=NCCN3C)Cc3ncc[nH]3)cc21. The number of hydrogen-bond acceptors (Lipinski definition) is 6. The minimum absolute atomic E-state index is 0.772. The lowest BCUT2D eigenvalue weighted by molar-refractivity contribution is 0.224. The third kappa shape index (κ3) is 6.79. The molecule has 0 radical (unpaired) electrons. The van der Waals surface area contributed by atoms with E-state index in [1.54, 1.807) is 0 Å². The molecule has 1 aromatic carbocycles. The molecule has 1 N–H and O–H groups in total. The zero-order chi connectivity index (χ0) is 25.5. The number of aryl methyl sites for hydroxylation is 2. The molecule has 200 valence electrons. The Morgan fingerprint density at radius 2 is 1.89 bits per heavy atom. The number of nitrogens with zero attached hydrogens (tertiary/aromatic N) is 7.